The first-order valence-corrected chi connectivity index (χ1v) is 5.14. The average molecular weight is 223 g/mol. The molecule has 1 rings (SSSR count). The second kappa shape index (κ2) is 6.12. The quantitative estimate of drug-likeness (QED) is 0.763. The van der Waals surface area contributed by atoms with Crippen LogP contribution in [0.15, 0.2) is 18.2 Å². The highest BCUT2D eigenvalue weighted by atomic mass is 16.5. The second-order valence-corrected chi connectivity index (χ2v) is 3.43. The molecule has 16 heavy (non-hydrogen) atoms. The maximum Gasteiger partial charge on any atom is 0.305 e. The lowest BCUT2D eigenvalue weighted by molar-refractivity contribution is -0.140. The molecule has 4 nitrogen and oxygen atoms in total. The van der Waals surface area contributed by atoms with Crippen molar-refractivity contribution in [1.29, 1.82) is 0 Å². The van der Waals surface area contributed by atoms with E-state index in [1.165, 1.54) is 7.11 Å². The van der Waals surface area contributed by atoms with Crippen LogP contribution in [0.1, 0.15) is 17.5 Å². The van der Waals surface area contributed by atoms with Gasteiger partial charge in [-0.25, -0.2) is 0 Å². The fourth-order valence-corrected chi connectivity index (χ4v) is 1.49. The Balaban J connectivity index is 2.78. The zero-order chi connectivity index (χ0) is 12.0. The molecular weight excluding hydrogens is 206 g/mol. The van der Waals surface area contributed by atoms with Gasteiger partial charge in [0, 0.05) is 13.0 Å². The topological polar surface area (TPSA) is 61.5 Å². The van der Waals surface area contributed by atoms with Crippen LogP contribution in [0.5, 0.6) is 5.75 Å². The van der Waals surface area contributed by atoms with Gasteiger partial charge in [0.15, 0.2) is 0 Å². The molecule has 0 fully saturated rings. The van der Waals surface area contributed by atoms with Crippen LogP contribution in [-0.4, -0.2) is 20.2 Å². The number of aryl methyl sites for hydroxylation is 1. The van der Waals surface area contributed by atoms with Gasteiger partial charge in [0.1, 0.15) is 5.75 Å². The molecule has 1 aromatic carbocycles. The van der Waals surface area contributed by atoms with E-state index >= 15 is 0 Å². The number of ether oxygens (including phenoxy) is 2. The number of carbonyl (C=O) groups is 1. The molecular formula is C12H17NO3. The Morgan fingerprint density at radius 3 is 2.69 bits per heavy atom. The van der Waals surface area contributed by atoms with E-state index in [0.29, 0.717) is 19.4 Å². The molecule has 0 amide bonds. The first-order valence-electron chi connectivity index (χ1n) is 5.14. The van der Waals surface area contributed by atoms with Crippen molar-refractivity contribution in [2.24, 2.45) is 5.73 Å². The average Bonchev–Trinajstić information content (AvgIpc) is 2.35. The van der Waals surface area contributed by atoms with Crippen molar-refractivity contribution < 1.29 is 14.3 Å². The molecule has 2 N–H and O–H groups in total. The van der Waals surface area contributed by atoms with E-state index < -0.39 is 0 Å². The van der Waals surface area contributed by atoms with Crippen molar-refractivity contribution in [3.63, 3.8) is 0 Å². The molecule has 4 heteroatoms. The van der Waals surface area contributed by atoms with Gasteiger partial charge in [-0.3, -0.25) is 4.79 Å². The predicted molar refractivity (Wildman–Crippen MR) is 61.2 cm³/mol. The molecule has 0 atom stereocenters. The number of methoxy groups -OCH3 is 2. The molecule has 88 valence electrons. The lowest BCUT2D eigenvalue weighted by atomic mass is 10.1. The van der Waals surface area contributed by atoms with Crippen LogP contribution >= 0.6 is 0 Å². The molecule has 0 heterocycles. The maximum atomic E-state index is 11.1. The highest BCUT2D eigenvalue weighted by molar-refractivity contribution is 5.69. The zero-order valence-electron chi connectivity index (χ0n) is 9.66. The lowest BCUT2D eigenvalue weighted by Gasteiger charge is -2.09. The molecule has 0 aliphatic rings. The van der Waals surface area contributed by atoms with Gasteiger partial charge >= 0.3 is 5.97 Å². The molecule has 0 radical (unpaired) electrons. The van der Waals surface area contributed by atoms with E-state index in [1.807, 2.05) is 18.2 Å². The molecule has 0 aliphatic heterocycles. The number of esters is 1. The molecule has 0 saturated heterocycles. The van der Waals surface area contributed by atoms with Crippen molar-refractivity contribution in [1.82, 2.24) is 0 Å². The minimum Gasteiger partial charge on any atom is -0.496 e. The highest BCUT2D eigenvalue weighted by Gasteiger charge is 2.07. The highest BCUT2D eigenvalue weighted by Crippen LogP contribution is 2.21. The molecule has 0 unspecified atom stereocenters. The van der Waals surface area contributed by atoms with Crippen LogP contribution in [0, 0.1) is 0 Å². The van der Waals surface area contributed by atoms with Gasteiger partial charge < -0.3 is 15.2 Å². The largest absolute Gasteiger partial charge is 0.496 e. The van der Waals surface area contributed by atoms with Crippen molar-refractivity contribution in [3.05, 3.63) is 29.3 Å². The lowest BCUT2D eigenvalue weighted by Crippen LogP contribution is -2.04. The third-order valence-corrected chi connectivity index (χ3v) is 2.41. The van der Waals surface area contributed by atoms with E-state index in [-0.39, 0.29) is 5.97 Å². The normalized spacial score (nSPS) is 9.94. The monoisotopic (exact) mass is 223 g/mol. The van der Waals surface area contributed by atoms with Gasteiger partial charge in [-0.15, -0.1) is 0 Å². The maximum absolute atomic E-state index is 11.1. The Hall–Kier alpha value is -1.55. The van der Waals surface area contributed by atoms with Crippen LogP contribution in [0.2, 0.25) is 0 Å². The number of hydrogen-bond acceptors (Lipinski definition) is 4. The fraction of sp³-hybridized carbons (Fsp3) is 0.417. The van der Waals surface area contributed by atoms with Crippen molar-refractivity contribution in [2.75, 3.05) is 14.2 Å². The van der Waals surface area contributed by atoms with Gasteiger partial charge in [-0.1, -0.05) is 12.1 Å². The first-order chi connectivity index (χ1) is 7.71. The molecule has 0 saturated carbocycles. The predicted octanol–water partition coefficient (Wildman–Crippen LogP) is 1.26. The van der Waals surface area contributed by atoms with E-state index in [1.54, 1.807) is 7.11 Å². The summed E-state index contributed by atoms with van der Waals surface area (Å²) in [6, 6.07) is 5.75. The Kier molecular flexibility index (Phi) is 4.79. The number of benzene rings is 1. The fourth-order valence-electron chi connectivity index (χ4n) is 1.49. The Morgan fingerprint density at radius 1 is 1.38 bits per heavy atom. The SMILES string of the molecule is COC(=O)CCc1cc(CN)ccc1OC. The summed E-state index contributed by atoms with van der Waals surface area (Å²) >= 11 is 0. The third-order valence-electron chi connectivity index (χ3n) is 2.41. The summed E-state index contributed by atoms with van der Waals surface area (Å²) in [4.78, 5) is 11.1. The Bertz CT molecular complexity index is 363. The van der Waals surface area contributed by atoms with Crippen molar-refractivity contribution >= 4 is 5.97 Å². The van der Waals surface area contributed by atoms with Crippen LogP contribution < -0.4 is 10.5 Å². The van der Waals surface area contributed by atoms with E-state index in [4.69, 9.17) is 10.5 Å². The van der Waals surface area contributed by atoms with Gasteiger partial charge in [-0.05, 0) is 23.6 Å². The van der Waals surface area contributed by atoms with Crippen LogP contribution in [-0.2, 0) is 22.5 Å². The van der Waals surface area contributed by atoms with Crippen molar-refractivity contribution in [3.8, 4) is 5.75 Å². The van der Waals surface area contributed by atoms with E-state index in [9.17, 15) is 4.79 Å². The summed E-state index contributed by atoms with van der Waals surface area (Å²) in [5.41, 5.74) is 7.57. The zero-order valence-corrected chi connectivity index (χ0v) is 9.66. The molecule has 0 aromatic heterocycles. The summed E-state index contributed by atoms with van der Waals surface area (Å²) < 4.78 is 9.82. The third kappa shape index (κ3) is 3.24. The molecule has 0 bridgehead atoms. The van der Waals surface area contributed by atoms with Crippen LogP contribution in [0.3, 0.4) is 0 Å². The molecule has 0 aliphatic carbocycles. The van der Waals surface area contributed by atoms with Gasteiger partial charge in [0.2, 0.25) is 0 Å². The molecule has 1 aromatic rings. The standard InChI is InChI=1S/C12H17NO3/c1-15-11-5-3-9(8-13)7-10(11)4-6-12(14)16-2/h3,5,7H,4,6,8,13H2,1-2H3. The summed E-state index contributed by atoms with van der Waals surface area (Å²) in [6.45, 7) is 0.481. The van der Waals surface area contributed by atoms with Crippen molar-refractivity contribution in [2.45, 2.75) is 19.4 Å². The van der Waals surface area contributed by atoms with Crippen LogP contribution in [0.25, 0.3) is 0 Å². The number of rotatable bonds is 5. The Labute approximate surface area is 95.3 Å². The number of carbonyl (C=O) groups excluding carboxylic acids is 1. The van der Waals surface area contributed by atoms with Crippen LogP contribution in [0.4, 0.5) is 0 Å². The van der Waals surface area contributed by atoms with E-state index in [2.05, 4.69) is 4.74 Å². The van der Waals surface area contributed by atoms with Gasteiger partial charge in [-0.2, -0.15) is 0 Å². The summed E-state index contributed by atoms with van der Waals surface area (Å²) in [5, 5.41) is 0. The second-order valence-electron chi connectivity index (χ2n) is 3.43. The first kappa shape index (κ1) is 12.5. The van der Waals surface area contributed by atoms with Gasteiger partial charge in [0.25, 0.3) is 0 Å². The smallest absolute Gasteiger partial charge is 0.305 e. The summed E-state index contributed by atoms with van der Waals surface area (Å²) in [5.74, 6) is 0.557. The number of hydrogen-bond donors (Lipinski definition) is 1. The number of nitrogens with two attached hydrogens (primary N) is 1. The minimum absolute atomic E-state index is 0.222. The summed E-state index contributed by atoms with van der Waals surface area (Å²) in [6.07, 6.45) is 0.949. The van der Waals surface area contributed by atoms with Gasteiger partial charge in [0.05, 0.1) is 14.2 Å². The van der Waals surface area contributed by atoms with E-state index in [0.717, 1.165) is 16.9 Å². The Morgan fingerprint density at radius 2 is 2.12 bits per heavy atom. The molecule has 0 spiro atoms. The minimum atomic E-state index is -0.222. The summed E-state index contributed by atoms with van der Waals surface area (Å²) in [7, 11) is 3.00.